The Morgan fingerprint density at radius 2 is 2.33 bits per heavy atom. The van der Waals surface area contributed by atoms with E-state index in [-0.39, 0.29) is 5.91 Å². The number of thioether (sulfide) groups is 1. The Kier molecular flexibility index (Phi) is 6.63. The molecule has 3 nitrogen and oxygen atoms in total. The fraction of sp³-hybridized carbons (Fsp3) is 0.385. The molecule has 0 spiro atoms. The second kappa shape index (κ2) is 8.02. The summed E-state index contributed by atoms with van der Waals surface area (Å²) >= 11 is 7.43. The van der Waals surface area contributed by atoms with Gasteiger partial charge in [0, 0.05) is 24.4 Å². The van der Waals surface area contributed by atoms with Crippen LogP contribution in [0.3, 0.4) is 0 Å². The van der Waals surface area contributed by atoms with Gasteiger partial charge in [0.2, 0.25) is 5.91 Å². The Morgan fingerprint density at radius 3 is 3.00 bits per heavy atom. The second-order valence-electron chi connectivity index (χ2n) is 3.85. The van der Waals surface area contributed by atoms with Crippen molar-refractivity contribution in [2.45, 2.75) is 12.2 Å². The van der Waals surface area contributed by atoms with E-state index in [1.54, 1.807) is 23.7 Å². The van der Waals surface area contributed by atoms with Crippen molar-refractivity contribution in [1.29, 1.82) is 5.26 Å². The summed E-state index contributed by atoms with van der Waals surface area (Å²) in [6.45, 7) is 0.493. The van der Waals surface area contributed by atoms with Gasteiger partial charge in [-0.1, -0.05) is 23.7 Å². The van der Waals surface area contributed by atoms with Crippen LogP contribution in [0.15, 0.2) is 24.3 Å². The van der Waals surface area contributed by atoms with Gasteiger partial charge >= 0.3 is 0 Å². The van der Waals surface area contributed by atoms with E-state index in [0.29, 0.717) is 23.7 Å². The summed E-state index contributed by atoms with van der Waals surface area (Å²) in [5, 5.41) is 9.16. The number of hydrogen-bond acceptors (Lipinski definition) is 3. The zero-order valence-corrected chi connectivity index (χ0v) is 11.8. The lowest BCUT2D eigenvalue weighted by molar-refractivity contribution is -0.127. The van der Waals surface area contributed by atoms with E-state index >= 15 is 0 Å². The molecule has 0 radical (unpaired) electrons. The number of hydrogen-bond donors (Lipinski definition) is 0. The molecule has 0 aliphatic rings. The van der Waals surface area contributed by atoms with Crippen LogP contribution in [0.1, 0.15) is 12.0 Å². The number of carbonyl (C=O) groups is 1. The molecule has 0 saturated heterocycles. The third-order valence-electron chi connectivity index (χ3n) is 2.37. The second-order valence-corrected chi connectivity index (χ2v) is 5.27. The van der Waals surface area contributed by atoms with E-state index < -0.39 is 0 Å². The Hall–Kier alpha value is -1.18. The first-order valence-electron chi connectivity index (χ1n) is 5.56. The molecule has 0 unspecified atom stereocenters. The van der Waals surface area contributed by atoms with Crippen molar-refractivity contribution in [2.75, 3.05) is 19.3 Å². The number of nitrogens with zero attached hydrogens (tertiary/aromatic N) is 2. The molecular formula is C13H15ClN2OS. The number of halogens is 1. The highest BCUT2D eigenvalue weighted by molar-refractivity contribution is 7.99. The molecule has 0 fully saturated rings. The van der Waals surface area contributed by atoms with Gasteiger partial charge in [-0.05, 0) is 17.7 Å². The van der Waals surface area contributed by atoms with Crippen LogP contribution in [0.5, 0.6) is 0 Å². The minimum absolute atomic E-state index is 0.0530. The van der Waals surface area contributed by atoms with E-state index in [0.717, 1.165) is 11.3 Å². The first-order valence-corrected chi connectivity index (χ1v) is 7.10. The fourth-order valence-corrected chi connectivity index (χ4v) is 2.46. The van der Waals surface area contributed by atoms with Crippen LogP contribution in [-0.2, 0) is 10.5 Å². The van der Waals surface area contributed by atoms with Crippen molar-refractivity contribution in [3.63, 3.8) is 0 Å². The van der Waals surface area contributed by atoms with Gasteiger partial charge < -0.3 is 4.90 Å². The number of amides is 1. The molecule has 5 heteroatoms. The summed E-state index contributed by atoms with van der Waals surface area (Å²) in [7, 11) is 1.72. The lowest BCUT2D eigenvalue weighted by atomic mass is 10.2. The molecule has 0 N–H and O–H groups in total. The standard InChI is InChI=1S/C13H15ClN2OS/c1-16(7-3-6-15)13(17)10-18-9-11-4-2-5-12(14)8-11/h2,4-5,8H,3,7,9-10H2,1H3. The SMILES string of the molecule is CN(CCC#N)C(=O)CSCc1cccc(Cl)c1. The minimum atomic E-state index is 0.0530. The predicted octanol–water partition coefficient (Wildman–Crippen LogP) is 2.95. The Bertz CT molecular complexity index is 445. The van der Waals surface area contributed by atoms with Gasteiger partial charge in [0.05, 0.1) is 18.2 Å². The van der Waals surface area contributed by atoms with Gasteiger partial charge in [-0.25, -0.2) is 0 Å². The third kappa shape index (κ3) is 5.44. The summed E-state index contributed by atoms with van der Waals surface area (Å²) in [5.41, 5.74) is 1.11. The van der Waals surface area contributed by atoms with Crippen molar-refractivity contribution >= 4 is 29.3 Å². The summed E-state index contributed by atoms with van der Waals surface area (Å²) in [4.78, 5) is 13.3. The Morgan fingerprint density at radius 1 is 1.56 bits per heavy atom. The van der Waals surface area contributed by atoms with Crippen LogP contribution in [-0.4, -0.2) is 30.2 Å². The van der Waals surface area contributed by atoms with Gasteiger partial charge in [-0.15, -0.1) is 11.8 Å². The number of rotatable bonds is 6. The Labute approximate surface area is 117 Å². The normalized spacial score (nSPS) is 9.83. The van der Waals surface area contributed by atoms with E-state index in [2.05, 4.69) is 0 Å². The molecule has 0 saturated carbocycles. The van der Waals surface area contributed by atoms with E-state index in [9.17, 15) is 4.79 Å². The maximum atomic E-state index is 11.7. The molecule has 0 aliphatic carbocycles. The molecule has 0 bridgehead atoms. The maximum Gasteiger partial charge on any atom is 0.232 e. The molecule has 1 aromatic carbocycles. The predicted molar refractivity (Wildman–Crippen MR) is 75.5 cm³/mol. The topological polar surface area (TPSA) is 44.1 Å². The van der Waals surface area contributed by atoms with Gasteiger partial charge in [0.15, 0.2) is 0 Å². The number of benzene rings is 1. The summed E-state index contributed by atoms with van der Waals surface area (Å²) in [6.07, 6.45) is 0.376. The molecule has 96 valence electrons. The molecule has 1 amide bonds. The lowest BCUT2D eigenvalue weighted by Gasteiger charge is -2.14. The van der Waals surface area contributed by atoms with Crippen molar-refractivity contribution in [3.8, 4) is 6.07 Å². The molecule has 18 heavy (non-hydrogen) atoms. The lowest BCUT2D eigenvalue weighted by Crippen LogP contribution is -2.29. The summed E-state index contributed by atoms with van der Waals surface area (Å²) in [5.74, 6) is 1.24. The van der Waals surface area contributed by atoms with Crippen molar-refractivity contribution < 1.29 is 4.79 Å². The molecule has 1 rings (SSSR count). The van der Waals surface area contributed by atoms with E-state index in [1.165, 1.54) is 0 Å². The maximum absolute atomic E-state index is 11.7. The van der Waals surface area contributed by atoms with Crippen molar-refractivity contribution in [1.82, 2.24) is 4.90 Å². The molecular weight excluding hydrogens is 268 g/mol. The van der Waals surface area contributed by atoms with Crippen LogP contribution in [0.4, 0.5) is 0 Å². The minimum Gasteiger partial charge on any atom is -0.344 e. The molecule has 0 aliphatic heterocycles. The number of carbonyl (C=O) groups excluding carboxylic acids is 1. The average molecular weight is 283 g/mol. The highest BCUT2D eigenvalue weighted by atomic mass is 35.5. The summed E-state index contributed by atoms with van der Waals surface area (Å²) < 4.78 is 0. The highest BCUT2D eigenvalue weighted by Crippen LogP contribution is 2.16. The largest absolute Gasteiger partial charge is 0.344 e. The van der Waals surface area contributed by atoms with Gasteiger partial charge in [-0.2, -0.15) is 5.26 Å². The summed E-state index contributed by atoms with van der Waals surface area (Å²) in [6, 6.07) is 9.65. The quantitative estimate of drug-likeness (QED) is 0.806. The smallest absolute Gasteiger partial charge is 0.232 e. The molecule has 0 atom stereocenters. The third-order valence-corrected chi connectivity index (χ3v) is 3.59. The molecule has 1 aromatic rings. The number of nitriles is 1. The van der Waals surface area contributed by atoms with Crippen LogP contribution in [0.2, 0.25) is 5.02 Å². The first-order chi connectivity index (χ1) is 8.63. The van der Waals surface area contributed by atoms with E-state index in [4.69, 9.17) is 16.9 Å². The fourth-order valence-electron chi connectivity index (χ4n) is 1.34. The van der Waals surface area contributed by atoms with Crippen LogP contribution < -0.4 is 0 Å². The van der Waals surface area contributed by atoms with Gasteiger partial charge in [-0.3, -0.25) is 4.79 Å². The van der Waals surface area contributed by atoms with Gasteiger partial charge in [0.1, 0.15) is 0 Å². The first kappa shape index (κ1) is 14.9. The van der Waals surface area contributed by atoms with Crippen molar-refractivity contribution in [2.24, 2.45) is 0 Å². The zero-order chi connectivity index (χ0) is 13.4. The van der Waals surface area contributed by atoms with Crippen LogP contribution in [0.25, 0.3) is 0 Å². The molecule has 0 aromatic heterocycles. The van der Waals surface area contributed by atoms with Crippen LogP contribution >= 0.6 is 23.4 Å². The molecule has 0 heterocycles. The van der Waals surface area contributed by atoms with Gasteiger partial charge in [0.25, 0.3) is 0 Å². The zero-order valence-electron chi connectivity index (χ0n) is 10.2. The average Bonchev–Trinajstić information content (AvgIpc) is 2.35. The van der Waals surface area contributed by atoms with Crippen LogP contribution in [0, 0.1) is 11.3 Å². The van der Waals surface area contributed by atoms with Crippen molar-refractivity contribution in [3.05, 3.63) is 34.9 Å². The Balaban J connectivity index is 2.29. The van der Waals surface area contributed by atoms with E-state index in [1.807, 2.05) is 30.3 Å². The highest BCUT2D eigenvalue weighted by Gasteiger charge is 2.08. The monoisotopic (exact) mass is 282 g/mol.